The zero-order valence-electron chi connectivity index (χ0n) is 23.5. The van der Waals surface area contributed by atoms with E-state index < -0.39 is 0 Å². The molecule has 9 aromatic rings. The smallest absolute Gasteiger partial charge is 0.0541 e. The zero-order chi connectivity index (χ0) is 28.3. The summed E-state index contributed by atoms with van der Waals surface area (Å²) in [5.41, 5.74) is 8.68. The Morgan fingerprint density at radius 2 is 0.721 bits per heavy atom. The fourth-order valence-corrected chi connectivity index (χ4v) is 7.07. The van der Waals surface area contributed by atoms with Crippen LogP contribution < -0.4 is 0 Å². The summed E-state index contributed by atoms with van der Waals surface area (Å²) in [5.74, 6) is 0. The van der Waals surface area contributed by atoms with Gasteiger partial charge < -0.3 is 4.57 Å². The van der Waals surface area contributed by atoms with Crippen molar-refractivity contribution in [1.29, 1.82) is 0 Å². The lowest BCUT2D eigenvalue weighted by molar-refractivity contribution is 1.18. The van der Waals surface area contributed by atoms with Gasteiger partial charge in [0.25, 0.3) is 0 Å². The number of benzene rings is 8. The molecule has 0 N–H and O–H groups in total. The Balaban J connectivity index is 1.28. The van der Waals surface area contributed by atoms with Gasteiger partial charge in [-0.15, -0.1) is 0 Å². The molecule has 0 aliphatic heterocycles. The maximum atomic E-state index is 2.38. The highest BCUT2D eigenvalue weighted by Crippen LogP contribution is 2.44. The normalized spacial score (nSPS) is 11.7. The standard InChI is InChI=1S/C42H27N/c1-2-12-30-27-31(22-21-28(30)11-1)42-37-17-5-3-15-35(37)41(36-16-4-6-18-38(36)42)29-23-25-32(26-24-29)43-39-19-9-7-13-33(39)34-14-8-10-20-40(34)43/h1-27H. The highest BCUT2D eigenvalue weighted by Gasteiger charge is 2.17. The Morgan fingerprint density at radius 1 is 0.302 bits per heavy atom. The number of hydrogen-bond acceptors (Lipinski definition) is 0. The summed E-state index contributed by atoms with van der Waals surface area (Å²) in [6.07, 6.45) is 0. The van der Waals surface area contributed by atoms with Gasteiger partial charge in [0.1, 0.15) is 0 Å². The number of fused-ring (bicyclic) bond motifs is 6. The summed E-state index contributed by atoms with van der Waals surface area (Å²) in [6.45, 7) is 0. The van der Waals surface area contributed by atoms with E-state index in [1.165, 1.54) is 82.1 Å². The van der Waals surface area contributed by atoms with Crippen molar-refractivity contribution >= 4 is 54.1 Å². The van der Waals surface area contributed by atoms with Crippen molar-refractivity contribution in [1.82, 2.24) is 4.57 Å². The summed E-state index contributed by atoms with van der Waals surface area (Å²) in [7, 11) is 0. The molecule has 0 aliphatic rings. The number of rotatable bonds is 3. The molecule has 0 unspecified atom stereocenters. The molecule has 0 fully saturated rings. The largest absolute Gasteiger partial charge is 0.309 e. The second kappa shape index (κ2) is 9.44. The zero-order valence-corrected chi connectivity index (χ0v) is 23.5. The van der Waals surface area contributed by atoms with Gasteiger partial charge in [-0.3, -0.25) is 0 Å². The third-order valence-electron chi connectivity index (χ3n) is 8.96. The minimum absolute atomic E-state index is 1.17. The third kappa shape index (κ3) is 3.65. The molecular weight excluding hydrogens is 518 g/mol. The van der Waals surface area contributed by atoms with Crippen molar-refractivity contribution in [3.8, 4) is 27.9 Å². The molecule has 1 heteroatoms. The van der Waals surface area contributed by atoms with Crippen molar-refractivity contribution in [2.75, 3.05) is 0 Å². The van der Waals surface area contributed by atoms with Crippen LogP contribution in [0, 0.1) is 0 Å². The highest BCUT2D eigenvalue weighted by molar-refractivity contribution is 6.21. The van der Waals surface area contributed by atoms with Crippen LogP contribution in [0.2, 0.25) is 0 Å². The number of para-hydroxylation sites is 2. The Morgan fingerprint density at radius 3 is 1.28 bits per heavy atom. The molecule has 1 aromatic heterocycles. The van der Waals surface area contributed by atoms with Crippen LogP contribution in [-0.2, 0) is 0 Å². The number of nitrogens with zero attached hydrogens (tertiary/aromatic N) is 1. The molecule has 0 bridgehead atoms. The summed E-state index contributed by atoms with van der Waals surface area (Å²) in [6, 6.07) is 59.8. The van der Waals surface area contributed by atoms with Gasteiger partial charge in [0.2, 0.25) is 0 Å². The molecule has 0 atom stereocenters. The van der Waals surface area contributed by atoms with E-state index in [1.807, 2.05) is 0 Å². The van der Waals surface area contributed by atoms with Crippen LogP contribution in [0.15, 0.2) is 164 Å². The van der Waals surface area contributed by atoms with Crippen LogP contribution in [0.25, 0.3) is 82.1 Å². The molecule has 0 aliphatic carbocycles. The van der Waals surface area contributed by atoms with Crippen molar-refractivity contribution in [2.45, 2.75) is 0 Å². The molecule has 1 nitrogen and oxygen atoms in total. The van der Waals surface area contributed by atoms with E-state index in [0.717, 1.165) is 0 Å². The van der Waals surface area contributed by atoms with Gasteiger partial charge in [-0.25, -0.2) is 0 Å². The third-order valence-corrected chi connectivity index (χ3v) is 8.96. The number of hydrogen-bond donors (Lipinski definition) is 0. The van der Waals surface area contributed by atoms with Gasteiger partial charge in [-0.1, -0.05) is 133 Å². The van der Waals surface area contributed by atoms with Crippen LogP contribution in [-0.4, -0.2) is 4.57 Å². The minimum Gasteiger partial charge on any atom is -0.309 e. The molecule has 0 spiro atoms. The molecular formula is C42H27N. The van der Waals surface area contributed by atoms with Crippen LogP contribution >= 0.6 is 0 Å². The predicted octanol–water partition coefficient (Wildman–Crippen LogP) is 11.6. The summed E-state index contributed by atoms with van der Waals surface area (Å²) < 4.78 is 2.38. The molecule has 0 radical (unpaired) electrons. The van der Waals surface area contributed by atoms with Crippen LogP contribution in [0.1, 0.15) is 0 Å². The molecule has 0 amide bonds. The number of aromatic nitrogens is 1. The Bertz CT molecular complexity index is 2390. The summed E-state index contributed by atoms with van der Waals surface area (Å²) in [4.78, 5) is 0. The molecule has 0 saturated heterocycles. The molecule has 8 aromatic carbocycles. The Hall–Kier alpha value is -5.66. The fourth-order valence-electron chi connectivity index (χ4n) is 7.07. The second-order valence-electron chi connectivity index (χ2n) is 11.3. The van der Waals surface area contributed by atoms with Crippen LogP contribution in [0.4, 0.5) is 0 Å². The lowest BCUT2D eigenvalue weighted by Crippen LogP contribution is -1.94. The first-order valence-electron chi connectivity index (χ1n) is 14.9. The molecule has 1 heterocycles. The van der Waals surface area contributed by atoms with Gasteiger partial charge >= 0.3 is 0 Å². The SMILES string of the molecule is c1ccc2cc(-c3c4ccccc4c(-c4ccc(-n5c6ccccc6c6ccccc65)cc4)c4ccccc34)ccc2c1. The average Bonchev–Trinajstić information content (AvgIpc) is 3.41. The van der Waals surface area contributed by atoms with Gasteiger partial charge in [-0.2, -0.15) is 0 Å². The molecule has 200 valence electrons. The molecule has 0 saturated carbocycles. The van der Waals surface area contributed by atoms with Crippen molar-refractivity contribution in [3.63, 3.8) is 0 Å². The lowest BCUT2D eigenvalue weighted by Gasteiger charge is -2.18. The second-order valence-corrected chi connectivity index (χ2v) is 11.3. The Labute approximate surface area is 249 Å². The average molecular weight is 546 g/mol. The monoisotopic (exact) mass is 545 g/mol. The maximum absolute atomic E-state index is 2.38. The topological polar surface area (TPSA) is 4.93 Å². The van der Waals surface area contributed by atoms with E-state index >= 15 is 0 Å². The molecule has 43 heavy (non-hydrogen) atoms. The highest BCUT2D eigenvalue weighted by atomic mass is 15.0. The van der Waals surface area contributed by atoms with Gasteiger partial charge in [-0.05, 0) is 84.9 Å². The Kier molecular flexibility index (Phi) is 5.27. The van der Waals surface area contributed by atoms with Crippen LogP contribution in [0.5, 0.6) is 0 Å². The van der Waals surface area contributed by atoms with E-state index in [1.54, 1.807) is 0 Å². The van der Waals surface area contributed by atoms with Crippen molar-refractivity contribution in [2.24, 2.45) is 0 Å². The predicted molar refractivity (Wildman–Crippen MR) is 184 cm³/mol. The summed E-state index contributed by atoms with van der Waals surface area (Å²) in [5, 5.41) is 10.2. The van der Waals surface area contributed by atoms with E-state index in [4.69, 9.17) is 0 Å². The van der Waals surface area contributed by atoms with Gasteiger partial charge in [0.15, 0.2) is 0 Å². The molecule has 9 rings (SSSR count). The lowest BCUT2D eigenvalue weighted by atomic mass is 9.85. The van der Waals surface area contributed by atoms with Gasteiger partial charge in [0, 0.05) is 16.5 Å². The van der Waals surface area contributed by atoms with E-state index in [9.17, 15) is 0 Å². The first kappa shape index (κ1) is 24.0. The van der Waals surface area contributed by atoms with E-state index in [0.29, 0.717) is 0 Å². The first-order chi connectivity index (χ1) is 21.3. The fraction of sp³-hybridized carbons (Fsp3) is 0. The minimum atomic E-state index is 1.17. The maximum Gasteiger partial charge on any atom is 0.0541 e. The quantitative estimate of drug-likeness (QED) is 0.195. The van der Waals surface area contributed by atoms with E-state index in [-0.39, 0.29) is 0 Å². The van der Waals surface area contributed by atoms with Crippen LogP contribution in [0.3, 0.4) is 0 Å². The van der Waals surface area contributed by atoms with Crippen molar-refractivity contribution < 1.29 is 0 Å². The van der Waals surface area contributed by atoms with E-state index in [2.05, 4.69) is 168 Å². The van der Waals surface area contributed by atoms with Crippen molar-refractivity contribution in [3.05, 3.63) is 164 Å². The first-order valence-corrected chi connectivity index (χ1v) is 14.9. The summed E-state index contributed by atoms with van der Waals surface area (Å²) >= 11 is 0. The van der Waals surface area contributed by atoms with Gasteiger partial charge in [0.05, 0.1) is 11.0 Å².